The molecule has 21 heavy (non-hydrogen) atoms. The van der Waals surface area contributed by atoms with Crippen LogP contribution in [-0.4, -0.2) is 59.2 Å². The molecule has 0 bridgehead atoms. The SMILES string of the molecule is CC(C)c1csc(NC(=O)N2CC3(CN(C)C(=O)O3)C2)n1. The number of hydrogen-bond acceptors (Lipinski definition) is 5. The van der Waals surface area contributed by atoms with E-state index in [0.717, 1.165) is 5.69 Å². The first-order chi connectivity index (χ1) is 9.88. The molecule has 0 aromatic carbocycles. The molecule has 1 spiro atoms. The van der Waals surface area contributed by atoms with Crippen molar-refractivity contribution in [3.05, 3.63) is 11.1 Å². The predicted molar refractivity (Wildman–Crippen MR) is 78.6 cm³/mol. The summed E-state index contributed by atoms with van der Waals surface area (Å²) in [5, 5.41) is 5.34. The van der Waals surface area contributed by atoms with Crippen molar-refractivity contribution < 1.29 is 14.3 Å². The quantitative estimate of drug-likeness (QED) is 0.906. The molecule has 3 amide bonds. The summed E-state index contributed by atoms with van der Waals surface area (Å²) in [5.41, 5.74) is 0.455. The van der Waals surface area contributed by atoms with E-state index in [1.165, 1.54) is 16.2 Å². The average Bonchev–Trinajstić information content (AvgIpc) is 2.93. The number of carbonyl (C=O) groups is 2. The third kappa shape index (κ3) is 2.55. The maximum absolute atomic E-state index is 12.1. The van der Waals surface area contributed by atoms with Gasteiger partial charge >= 0.3 is 12.1 Å². The molecule has 0 aliphatic carbocycles. The van der Waals surface area contributed by atoms with Gasteiger partial charge in [0.1, 0.15) is 0 Å². The van der Waals surface area contributed by atoms with Gasteiger partial charge < -0.3 is 14.5 Å². The highest BCUT2D eigenvalue weighted by Crippen LogP contribution is 2.32. The molecule has 0 atom stereocenters. The molecule has 2 saturated heterocycles. The fraction of sp³-hybridized carbons (Fsp3) is 0.615. The van der Waals surface area contributed by atoms with Gasteiger partial charge in [0.2, 0.25) is 0 Å². The number of nitrogens with zero attached hydrogens (tertiary/aromatic N) is 3. The number of likely N-dealkylation sites (N-methyl/N-ethyl adjacent to an activating group) is 1. The van der Waals surface area contributed by atoms with Crippen LogP contribution in [0.15, 0.2) is 5.38 Å². The molecule has 0 radical (unpaired) electrons. The Bertz CT molecular complexity index is 580. The Morgan fingerprint density at radius 2 is 2.19 bits per heavy atom. The number of amides is 3. The van der Waals surface area contributed by atoms with Gasteiger partial charge in [-0.2, -0.15) is 0 Å². The van der Waals surface area contributed by atoms with Crippen LogP contribution in [0, 0.1) is 0 Å². The zero-order chi connectivity index (χ0) is 15.2. The number of thiazole rings is 1. The van der Waals surface area contributed by atoms with Crippen molar-refractivity contribution in [2.45, 2.75) is 25.4 Å². The van der Waals surface area contributed by atoms with Gasteiger partial charge in [-0.05, 0) is 5.92 Å². The lowest BCUT2D eigenvalue weighted by molar-refractivity contribution is -0.0488. The molecule has 3 heterocycles. The second kappa shape index (κ2) is 4.87. The minimum Gasteiger partial charge on any atom is -0.437 e. The van der Waals surface area contributed by atoms with Gasteiger partial charge in [0.15, 0.2) is 10.7 Å². The molecule has 0 saturated carbocycles. The second-order valence-electron chi connectivity index (χ2n) is 5.93. The number of nitrogens with one attached hydrogen (secondary N) is 1. The Labute approximate surface area is 126 Å². The Morgan fingerprint density at radius 1 is 1.48 bits per heavy atom. The van der Waals surface area contributed by atoms with Crippen molar-refractivity contribution >= 4 is 28.6 Å². The summed E-state index contributed by atoms with van der Waals surface area (Å²) in [5.74, 6) is 0.340. The number of likely N-dealkylation sites (tertiary alicyclic amines) is 1. The van der Waals surface area contributed by atoms with E-state index in [4.69, 9.17) is 4.74 Å². The second-order valence-corrected chi connectivity index (χ2v) is 6.78. The number of aromatic nitrogens is 1. The van der Waals surface area contributed by atoms with Crippen LogP contribution in [0.25, 0.3) is 0 Å². The highest BCUT2D eigenvalue weighted by atomic mass is 32.1. The Kier molecular flexibility index (Phi) is 3.27. The molecular formula is C13H18N4O3S. The predicted octanol–water partition coefficient (Wildman–Crippen LogP) is 1.93. The van der Waals surface area contributed by atoms with Gasteiger partial charge in [-0.3, -0.25) is 5.32 Å². The maximum Gasteiger partial charge on any atom is 0.410 e. The van der Waals surface area contributed by atoms with Crippen LogP contribution >= 0.6 is 11.3 Å². The Balaban J connectivity index is 1.55. The Hall–Kier alpha value is -1.83. The molecule has 3 rings (SSSR count). The standard InChI is InChI=1S/C13H18N4O3S/c1-8(2)9-4-21-10(14-9)15-11(18)17-6-13(7-17)5-16(3)12(19)20-13/h4,8H,5-7H2,1-3H3,(H,14,15,18). The number of ether oxygens (including phenoxy) is 1. The third-order valence-electron chi connectivity index (χ3n) is 3.71. The van der Waals surface area contributed by atoms with Crippen molar-refractivity contribution in [2.24, 2.45) is 0 Å². The van der Waals surface area contributed by atoms with Crippen LogP contribution in [0.4, 0.5) is 14.7 Å². The summed E-state index contributed by atoms with van der Waals surface area (Å²) < 4.78 is 5.32. The summed E-state index contributed by atoms with van der Waals surface area (Å²) in [6.07, 6.45) is -0.323. The first-order valence-electron chi connectivity index (χ1n) is 6.84. The van der Waals surface area contributed by atoms with Crippen LogP contribution in [0.2, 0.25) is 0 Å². The number of anilines is 1. The fourth-order valence-electron chi connectivity index (χ4n) is 2.53. The minimum absolute atomic E-state index is 0.198. The van der Waals surface area contributed by atoms with E-state index in [1.807, 2.05) is 5.38 Å². The molecule has 1 aromatic rings. The van der Waals surface area contributed by atoms with Crippen molar-refractivity contribution in [3.63, 3.8) is 0 Å². The summed E-state index contributed by atoms with van der Waals surface area (Å²) in [4.78, 5) is 31.0. The van der Waals surface area contributed by atoms with Crippen molar-refractivity contribution in [2.75, 3.05) is 32.0 Å². The van der Waals surface area contributed by atoms with E-state index < -0.39 is 5.60 Å². The number of carbonyl (C=O) groups excluding carboxylic acids is 2. The van der Waals surface area contributed by atoms with Gasteiger partial charge in [-0.1, -0.05) is 13.8 Å². The van der Waals surface area contributed by atoms with Gasteiger partial charge in [-0.15, -0.1) is 11.3 Å². The largest absolute Gasteiger partial charge is 0.437 e. The van der Waals surface area contributed by atoms with Gasteiger partial charge in [0.05, 0.1) is 25.3 Å². The molecular weight excluding hydrogens is 292 g/mol. The van der Waals surface area contributed by atoms with Crippen LogP contribution in [0.3, 0.4) is 0 Å². The molecule has 0 unspecified atom stereocenters. The Morgan fingerprint density at radius 3 is 2.71 bits per heavy atom. The smallest absolute Gasteiger partial charge is 0.410 e. The highest BCUT2D eigenvalue weighted by Gasteiger charge is 2.54. The van der Waals surface area contributed by atoms with Crippen LogP contribution in [0.5, 0.6) is 0 Å². The summed E-state index contributed by atoms with van der Waals surface area (Å²) in [6.45, 7) is 5.51. The van der Waals surface area contributed by atoms with E-state index >= 15 is 0 Å². The summed E-state index contributed by atoms with van der Waals surface area (Å²) in [6, 6.07) is -0.198. The van der Waals surface area contributed by atoms with Gasteiger partial charge in [0, 0.05) is 12.4 Å². The summed E-state index contributed by atoms with van der Waals surface area (Å²) in [7, 11) is 1.70. The number of hydrogen-bond donors (Lipinski definition) is 1. The minimum atomic E-state index is -0.519. The van der Waals surface area contributed by atoms with Crippen LogP contribution in [0.1, 0.15) is 25.5 Å². The molecule has 1 N–H and O–H groups in total. The lowest BCUT2D eigenvalue weighted by Crippen LogP contribution is -2.66. The lowest BCUT2D eigenvalue weighted by atomic mass is 9.95. The number of rotatable bonds is 2. The number of urea groups is 1. The topological polar surface area (TPSA) is 74.8 Å². The van der Waals surface area contributed by atoms with Gasteiger partial charge in [-0.25, -0.2) is 14.6 Å². The van der Waals surface area contributed by atoms with E-state index in [9.17, 15) is 9.59 Å². The first-order valence-corrected chi connectivity index (χ1v) is 7.72. The highest BCUT2D eigenvalue weighted by molar-refractivity contribution is 7.13. The van der Waals surface area contributed by atoms with E-state index in [2.05, 4.69) is 24.1 Å². The van der Waals surface area contributed by atoms with E-state index in [1.54, 1.807) is 11.9 Å². The molecule has 2 aliphatic rings. The van der Waals surface area contributed by atoms with Crippen molar-refractivity contribution in [1.82, 2.24) is 14.8 Å². The lowest BCUT2D eigenvalue weighted by Gasteiger charge is -2.44. The van der Waals surface area contributed by atoms with Crippen LogP contribution < -0.4 is 5.32 Å². The average molecular weight is 310 g/mol. The molecule has 2 fully saturated rings. The van der Waals surface area contributed by atoms with Crippen molar-refractivity contribution in [1.29, 1.82) is 0 Å². The zero-order valence-corrected chi connectivity index (χ0v) is 13.1. The van der Waals surface area contributed by atoms with Crippen molar-refractivity contribution in [3.8, 4) is 0 Å². The third-order valence-corrected chi connectivity index (χ3v) is 4.49. The fourth-order valence-corrected chi connectivity index (χ4v) is 3.39. The van der Waals surface area contributed by atoms with E-state index in [-0.39, 0.29) is 12.1 Å². The zero-order valence-electron chi connectivity index (χ0n) is 12.3. The first kappa shape index (κ1) is 14.1. The molecule has 114 valence electrons. The van der Waals surface area contributed by atoms with Gasteiger partial charge in [0.25, 0.3) is 0 Å². The van der Waals surface area contributed by atoms with E-state index in [0.29, 0.717) is 30.7 Å². The normalized spacial score (nSPS) is 19.9. The molecule has 2 aliphatic heterocycles. The van der Waals surface area contributed by atoms with Crippen LogP contribution in [-0.2, 0) is 4.74 Å². The maximum atomic E-state index is 12.1. The summed E-state index contributed by atoms with van der Waals surface area (Å²) >= 11 is 1.42. The molecule has 1 aromatic heterocycles. The molecule has 8 heteroatoms. The monoisotopic (exact) mass is 310 g/mol. The molecule has 7 nitrogen and oxygen atoms in total.